The highest BCUT2D eigenvalue weighted by molar-refractivity contribution is 5.00. The van der Waals surface area contributed by atoms with Gasteiger partial charge in [-0.3, -0.25) is 0 Å². The second-order valence-electron chi connectivity index (χ2n) is 5.91. The fourth-order valence-corrected chi connectivity index (χ4v) is 2.79. The van der Waals surface area contributed by atoms with Crippen LogP contribution >= 0.6 is 0 Å². The highest BCUT2D eigenvalue weighted by Crippen LogP contribution is 2.43. The second kappa shape index (κ2) is 6.48. The molecule has 0 amide bonds. The predicted molar refractivity (Wildman–Crippen MR) is 75.1 cm³/mol. The van der Waals surface area contributed by atoms with Crippen molar-refractivity contribution in [2.45, 2.75) is 45.6 Å². The summed E-state index contributed by atoms with van der Waals surface area (Å²) in [6.45, 7) is 7.07. The molecule has 5 nitrogen and oxygen atoms in total. The van der Waals surface area contributed by atoms with Crippen LogP contribution in [0, 0.1) is 5.41 Å². The van der Waals surface area contributed by atoms with Crippen LogP contribution in [-0.2, 0) is 11.2 Å². The molecule has 1 saturated carbocycles. The van der Waals surface area contributed by atoms with Crippen LogP contribution in [0.5, 0.6) is 0 Å². The number of ether oxygens (including phenoxy) is 1. The minimum absolute atomic E-state index is 0.382. The monoisotopic (exact) mass is 266 g/mol. The Labute approximate surface area is 115 Å². The molecule has 1 aromatic rings. The predicted octanol–water partition coefficient (Wildman–Crippen LogP) is 1.81. The largest absolute Gasteiger partial charge is 0.383 e. The number of nitrogens with zero attached hydrogens (tertiary/aromatic N) is 3. The molecule has 0 spiro atoms. The Morgan fingerprint density at radius 3 is 2.84 bits per heavy atom. The van der Waals surface area contributed by atoms with Crippen molar-refractivity contribution in [2.24, 2.45) is 5.41 Å². The minimum atomic E-state index is 0.382. The van der Waals surface area contributed by atoms with Crippen LogP contribution in [0.4, 0.5) is 0 Å². The van der Waals surface area contributed by atoms with E-state index in [-0.39, 0.29) is 0 Å². The molecule has 0 atom stereocenters. The number of hydrogen-bond donors (Lipinski definition) is 1. The molecule has 5 heteroatoms. The molecule has 1 aliphatic rings. The van der Waals surface area contributed by atoms with E-state index < -0.39 is 0 Å². The first-order chi connectivity index (χ1) is 9.17. The zero-order chi connectivity index (χ0) is 13.7. The normalized spacial score (nSPS) is 17.7. The Morgan fingerprint density at radius 2 is 2.26 bits per heavy atom. The van der Waals surface area contributed by atoms with Gasteiger partial charge in [-0.25, -0.2) is 9.67 Å². The van der Waals surface area contributed by atoms with Gasteiger partial charge in [0.15, 0.2) is 0 Å². The standard InChI is InChI=1S/C14H26N4O/c1-12(2)18-13(16-11-17-18)9-14(5-4-6-14)10-15-7-8-19-3/h11-12,15H,4-10H2,1-3H3. The van der Waals surface area contributed by atoms with Gasteiger partial charge in [-0.05, 0) is 32.1 Å². The van der Waals surface area contributed by atoms with Crippen molar-refractivity contribution in [3.63, 3.8) is 0 Å². The maximum Gasteiger partial charge on any atom is 0.138 e. The highest BCUT2D eigenvalue weighted by atomic mass is 16.5. The van der Waals surface area contributed by atoms with Gasteiger partial charge in [0.1, 0.15) is 12.2 Å². The Balaban J connectivity index is 1.92. The number of nitrogens with one attached hydrogen (secondary N) is 1. The van der Waals surface area contributed by atoms with Crippen LogP contribution in [0.25, 0.3) is 0 Å². The fourth-order valence-electron chi connectivity index (χ4n) is 2.79. The van der Waals surface area contributed by atoms with Gasteiger partial charge >= 0.3 is 0 Å². The van der Waals surface area contributed by atoms with Gasteiger partial charge in [0.05, 0.1) is 6.61 Å². The molecule has 2 rings (SSSR count). The lowest BCUT2D eigenvalue weighted by Gasteiger charge is -2.42. The summed E-state index contributed by atoms with van der Waals surface area (Å²) in [5.74, 6) is 1.13. The molecule has 19 heavy (non-hydrogen) atoms. The van der Waals surface area contributed by atoms with E-state index >= 15 is 0 Å². The summed E-state index contributed by atoms with van der Waals surface area (Å²) < 4.78 is 7.13. The average Bonchev–Trinajstić information content (AvgIpc) is 2.79. The van der Waals surface area contributed by atoms with Crippen LogP contribution < -0.4 is 5.32 Å². The van der Waals surface area contributed by atoms with E-state index in [4.69, 9.17) is 4.74 Å². The van der Waals surface area contributed by atoms with Crippen molar-refractivity contribution in [3.8, 4) is 0 Å². The van der Waals surface area contributed by atoms with E-state index in [1.54, 1.807) is 13.4 Å². The Bertz CT molecular complexity index is 385. The molecule has 0 aliphatic heterocycles. The molecular formula is C14H26N4O. The molecule has 0 bridgehead atoms. The summed E-state index contributed by atoms with van der Waals surface area (Å²) in [5.41, 5.74) is 0.382. The molecule has 108 valence electrons. The van der Waals surface area contributed by atoms with Crippen molar-refractivity contribution < 1.29 is 4.74 Å². The van der Waals surface area contributed by atoms with Crippen molar-refractivity contribution in [1.82, 2.24) is 20.1 Å². The molecule has 1 aliphatic carbocycles. The first-order valence-corrected chi connectivity index (χ1v) is 7.25. The van der Waals surface area contributed by atoms with Crippen molar-refractivity contribution >= 4 is 0 Å². The van der Waals surface area contributed by atoms with Crippen LogP contribution in [0.1, 0.15) is 45.0 Å². The summed E-state index contributed by atoms with van der Waals surface area (Å²) >= 11 is 0. The molecule has 0 aromatic carbocycles. The van der Waals surface area contributed by atoms with Gasteiger partial charge < -0.3 is 10.1 Å². The maximum atomic E-state index is 5.08. The molecule has 1 fully saturated rings. The first kappa shape index (κ1) is 14.5. The number of rotatable bonds is 8. The first-order valence-electron chi connectivity index (χ1n) is 7.25. The van der Waals surface area contributed by atoms with Gasteiger partial charge in [0.2, 0.25) is 0 Å². The fraction of sp³-hybridized carbons (Fsp3) is 0.857. The van der Waals surface area contributed by atoms with Gasteiger partial charge in [-0.1, -0.05) is 6.42 Å². The van der Waals surface area contributed by atoms with Crippen molar-refractivity contribution in [1.29, 1.82) is 0 Å². The quantitative estimate of drug-likeness (QED) is 0.729. The molecule has 1 heterocycles. The third-order valence-electron chi connectivity index (χ3n) is 4.07. The smallest absolute Gasteiger partial charge is 0.138 e. The van der Waals surface area contributed by atoms with E-state index in [1.165, 1.54) is 19.3 Å². The van der Waals surface area contributed by atoms with E-state index in [2.05, 4.69) is 33.9 Å². The summed E-state index contributed by atoms with van der Waals surface area (Å²) in [4.78, 5) is 4.45. The van der Waals surface area contributed by atoms with Gasteiger partial charge in [-0.15, -0.1) is 0 Å². The SMILES string of the molecule is COCCNCC1(Cc2ncnn2C(C)C)CCC1. The summed E-state index contributed by atoms with van der Waals surface area (Å²) in [6.07, 6.45) is 6.63. The van der Waals surface area contributed by atoms with Crippen LogP contribution in [0.3, 0.4) is 0 Å². The third kappa shape index (κ3) is 3.54. The van der Waals surface area contributed by atoms with Crippen molar-refractivity contribution in [3.05, 3.63) is 12.2 Å². The van der Waals surface area contributed by atoms with Crippen LogP contribution in [0.2, 0.25) is 0 Å². The highest BCUT2D eigenvalue weighted by Gasteiger charge is 2.38. The zero-order valence-corrected chi connectivity index (χ0v) is 12.4. The van der Waals surface area contributed by atoms with E-state index in [0.717, 1.165) is 31.9 Å². The maximum absolute atomic E-state index is 5.08. The number of aromatic nitrogens is 3. The lowest BCUT2D eigenvalue weighted by atomic mass is 9.66. The van der Waals surface area contributed by atoms with E-state index in [0.29, 0.717) is 11.5 Å². The van der Waals surface area contributed by atoms with Crippen LogP contribution in [-0.4, -0.2) is 41.6 Å². The van der Waals surface area contributed by atoms with E-state index in [9.17, 15) is 0 Å². The molecule has 0 unspecified atom stereocenters. The zero-order valence-electron chi connectivity index (χ0n) is 12.4. The molecular weight excluding hydrogens is 240 g/mol. The van der Waals surface area contributed by atoms with E-state index in [1.807, 2.05) is 0 Å². The molecule has 1 N–H and O–H groups in total. The van der Waals surface area contributed by atoms with Gasteiger partial charge in [0, 0.05) is 32.7 Å². The van der Waals surface area contributed by atoms with Gasteiger partial charge in [0.25, 0.3) is 0 Å². The van der Waals surface area contributed by atoms with Crippen LogP contribution in [0.15, 0.2) is 6.33 Å². The van der Waals surface area contributed by atoms with Gasteiger partial charge in [-0.2, -0.15) is 5.10 Å². The topological polar surface area (TPSA) is 52.0 Å². The Kier molecular flexibility index (Phi) is 4.93. The molecule has 1 aromatic heterocycles. The van der Waals surface area contributed by atoms with Crippen molar-refractivity contribution in [2.75, 3.05) is 26.8 Å². The summed E-state index contributed by atoms with van der Waals surface area (Å²) in [7, 11) is 1.74. The lowest BCUT2D eigenvalue weighted by Crippen LogP contribution is -2.43. The molecule has 0 radical (unpaired) electrons. The molecule has 0 saturated heterocycles. The second-order valence-corrected chi connectivity index (χ2v) is 5.91. The summed E-state index contributed by atoms with van der Waals surface area (Å²) in [5, 5.41) is 7.84. The number of hydrogen-bond acceptors (Lipinski definition) is 4. The average molecular weight is 266 g/mol. The third-order valence-corrected chi connectivity index (χ3v) is 4.07. The Morgan fingerprint density at radius 1 is 1.47 bits per heavy atom. The Hall–Kier alpha value is -0.940. The lowest BCUT2D eigenvalue weighted by molar-refractivity contribution is 0.118. The number of methoxy groups -OCH3 is 1. The minimum Gasteiger partial charge on any atom is -0.383 e. The summed E-state index contributed by atoms with van der Waals surface area (Å²) in [6, 6.07) is 0.385.